The lowest BCUT2D eigenvalue weighted by molar-refractivity contribution is 0.515. The van der Waals surface area contributed by atoms with Gasteiger partial charge in [0.15, 0.2) is 0 Å². The van der Waals surface area contributed by atoms with Gasteiger partial charge in [-0.25, -0.2) is 0 Å². The van der Waals surface area contributed by atoms with E-state index in [-0.39, 0.29) is 0 Å². The average molecular weight is 216 g/mol. The zero-order chi connectivity index (χ0) is 11.4. The van der Waals surface area contributed by atoms with Gasteiger partial charge in [-0.15, -0.1) is 0 Å². The van der Waals surface area contributed by atoms with Crippen LogP contribution < -0.4 is 5.32 Å². The molecule has 2 heteroatoms. The molecule has 0 aliphatic heterocycles. The fourth-order valence-corrected chi connectivity index (χ4v) is 2.26. The number of para-hydroxylation sites is 1. The van der Waals surface area contributed by atoms with Gasteiger partial charge < -0.3 is 10.3 Å². The van der Waals surface area contributed by atoms with Gasteiger partial charge in [-0.1, -0.05) is 31.5 Å². The summed E-state index contributed by atoms with van der Waals surface area (Å²) in [5.74, 6) is 0. The van der Waals surface area contributed by atoms with E-state index in [0.717, 1.165) is 6.42 Å². The van der Waals surface area contributed by atoms with E-state index < -0.39 is 0 Å². The van der Waals surface area contributed by atoms with Crippen molar-refractivity contribution in [3.63, 3.8) is 0 Å². The summed E-state index contributed by atoms with van der Waals surface area (Å²) >= 11 is 0. The Bertz CT molecular complexity index is 445. The highest BCUT2D eigenvalue weighted by Crippen LogP contribution is 2.19. The number of aromatic nitrogens is 1. The van der Waals surface area contributed by atoms with Gasteiger partial charge in [0, 0.05) is 23.1 Å². The molecule has 1 atom stereocenters. The highest BCUT2D eigenvalue weighted by atomic mass is 14.9. The number of aromatic amines is 1. The van der Waals surface area contributed by atoms with E-state index in [4.69, 9.17) is 0 Å². The van der Waals surface area contributed by atoms with Crippen molar-refractivity contribution in [3.8, 4) is 0 Å². The maximum absolute atomic E-state index is 3.39. The first-order valence-corrected chi connectivity index (χ1v) is 6.07. The highest BCUT2D eigenvalue weighted by Gasteiger charge is 2.09. The first-order valence-electron chi connectivity index (χ1n) is 6.07. The van der Waals surface area contributed by atoms with Crippen LogP contribution in [0.25, 0.3) is 10.9 Å². The molecule has 1 aromatic carbocycles. The molecule has 0 aliphatic carbocycles. The quantitative estimate of drug-likeness (QED) is 0.789. The zero-order valence-corrected chi connectivity index (χ0v) is 10.1. The minimum atomic E-state index is 0.587. The molecule has 0 saturated heterocycles. The van der Waals surface area contributed by atoms with Crippen LogP contribution in [0.2, 0.25) is 0 Å². The van der Waals surface area contributed by atoms with Crippen molar-refractivity contribution in [3.05, 3.63) is 36.0 Å². The van der Waals surface area contributed by atoms with E-state index in [2.05, 4.69) is 54.7 Å². The number of benzene rings is 1. The average Bonchev–Trinajstić information content (AvgIpc) is 2.72. The van der Waals surface area contributed by atoms with Gasteiger partial charge in [0.05, 0.1) is 0 Å². The second-order valence-corrected chi connectivity index (χ2v) is 4.34. The van der Waals surface area contributed by atoms with Crippen molar-refractivity contribution in [2.24, 2.45) is 0 Å². The number of hydrogen-bond acceptors (Lipinski definition) is 1. The van der Waals surface area contributed by atoms with E-state index in [9.17, 15) is 0 Å². The van der Waals surface area contributed by atoms with Crippen LogP contribution in [-0.2, 0) is 6.42 Å². The molecular weight excluding hydrogens is 196 g/mol. The second-order valence-electron chi connectivity index (χ2n) is 4.34. The number of likely N-dealkylation sites (N-methyl/N-ethyl adjacent to an activating group) is 1. The fourth-order valence-electron chi connectivity index (χ4n) is 2.26. The summed E-state index contributed by atoms with van der Waals surface area (Å²) in [6.07, 6.45) is 5.71. The first kappa shape index (κ1) is 11.2. The molecule has 0 radical (unpaired) electrons. The molecule has 0 amide bonds. The molecule has 16 heavy (non-hydrogen) atoms. The maximum Gasteiger partial charge on any atom is 0.0456 e. The van der Waals surface area contributed by atoms with Crippen LogP contribution in [0.3, 0.4) is 0 Å². The van der Waals surface area contributed by atoms with Crippen LogP contribution in [-0.4, -0.2) is 18.1 Å². The standard InChI is InChI=1S/C14H20N2/c1-3-6-12(15-2)9-11-10-16-14-8-5-4-7-13(11)14/h4-5,7-8,10,12,15-16H,3,6,9H2,1-2H3. The van der Waals surface area contributed by atoms with Gasteiger partial charge in [0.1, 0.15) is 0 Å². The van der Waals surface area contributed by atoms with E-state index in [1.807, 2.05) is 0 Å². The lowest BCUT2D eigenvalue weighted by atomic mass is 10.0. The monoisotopic (exact) mass is 216 g/mol. The number of H-pyrrole nitrogens is 1. The molecule has 2 N–H and O–H groups in total. The third-order valence-corrected chi connectivity index (χ3v) is 3.19. The van der Waals surface area contributed by atoms with Gasteiger partial charge in [-0.3, -0.25) is 0 Å². The Morgan fingerprint density at radius 1 is 1.31 bits per heavy atom. The van der Waals surface area contributed by atoms with Gasteiger partial charge in [0.2, 0.25) is 0 Å². The molecule has 1 aromatic heterocycles. The molecule has 2 nitrogen and oxygen atoms in total. The molecule has 2 aromatic rings. The number of rotatable bonds is 5. The molecule has 0 aliphatic rings. The van der Waals surface area contributed by atoms with Crippen molar-refractivity contribution >= 4 is 10.9 Å². The molecule has 0 bridgehead atoms. The third-order valence-electron chi connectivity index (χ3n) is 3.19. The van der Waals surface area contributed by atoms with E-state index >= 15 is 0 Å². The molecule has 1 unspecified atom stereocenters. The van der Waals surface area contributed by atoms with Gasteiger partial charge in [0.25, 0.3) is 0 Å². The number of hydrogen-bond donors (Lipinski definition) is 2. The zero-order valence-electron chi connectivity index (χ0n) is 10.1. The van der Waals surface area contributed by atoms with Gasteiger partial charge in [-0.05, 0) is 31.5 Å². The minimum Gasteiger partial charge on any atom is -0.361 e. The van der Waals surface area contributed by atoms with Crippen LogP contribution in [0, 0.1) is 0 Å². The molecule has 1 heterocycles. The molecule has 0 fully saturated rings. The largest absolute Gasteiger partial charge is 0.361 e. The Balaban J connectivity index is 2.20. The Morgan fingerprint density at radius 3 is 2.88 bits per heavy atom. The van der Waals surface area contributed by atoms with E-state index in [0.29, 0.717) is 6.04 Å². The first-order chi connectivity index (χ1) is 7.85. The summed E-state index contributed by atoms with van der Waals surface area (Å²) < 4.78 is 0. The van der Waals surface area contributed by atoms with Gasteiger partial charge in [-0.2, -0.15) is 0 Å². The predicted molar refractivity (Wildman–Crippen MR) is 69.8 cm³/mol. The molecule has 0 saturated carbocycles. The Morgan fingerprint density at radius 2 is 2.12 bits per heavy atom. The Hall–Kier alpha value is -1.28. The maximum atomic E-state index is 3.39. The summed E-state index contributed by atoms with van der Waals surface area (Å²) in [5, 5.41) is 4.75. The normalized spacial score (nSPS) is 13.1. The van der Waals surface area contributed by atoms with Crippen LogP contribution in [0.1, 0.15) is 25.3 Å². The number of nitrogens with one attached hydrogen (secondary N) is 2. The topological polar surface area (TPSA) is 27.8 Å². The van der Waals surface area contributed by atoms with Crippen LogP contribution in [0.4, 0.5) is 0 Å². The molecule has 0 spiro atoms. The summed E-state index contributed by atoms with van der Waals surface area (Å²) in [4.78, 5) is 3.33. The van der Waals surface area contributed by atoms with Crippen LogP contribution in [0.5, 0.6) is 0 Å². The summed E-state index contributed by atoms with van der Waals surface area (Å²) in [6, 6.07) is 9.09. The fraction of sp³-hybridized carbons (Fsp3) is 0.429. The van der Waals surface area contributed by atoms with Crippen molar-refractivity contribution < 1.29 is 0 Å². The molecular formula is C14H20N2. The summed E-state index contributed by atoms with van der Waals surface area (Å²) in [7, 11) is 2.05. The third kappa shape index (κ3) is 2.27. The SMILES string of the molecule is CCCC(Cc1c[nH]c2ccccc12)NC. The predicted octanol–water partition coefficient (Wildman–Crippen LogP) is 3.10. The lowest BCUT2D eigenvalue weighted by Crippen LogP contribution is -2.27. The van der Waals surface area contributed by atoms with E-state index in [1.165, 1.54) is 29.3 Å². The highest BCUT2D eigenvalue weighted by molar-refractivity contribution is 5.83. The second kappa shape index (κ2) is 5.17. The summed E-state index contributed by atoms with van der Waals surface area (Å²) in [6.45, 7) is 2.24. The van der Waals surface area contributed by atoms with Crippen molar-refractivity contribution in [2.45, 2.75) is 32.2 Å². The van der Waals surface area contributed by atoms with Crippen LogP contribution >= 0.6 is 0 Å². The molecule has 86 valence electrons. The Labute approximate surface area is 97.1 Å². The van der Waals surface area contributed by atoms with Crippen molar-refractivity contribution in [1.29, 1.82) is 0 Å². The van der Waals surface area contributed by atoms with Crippen molar-refractivity contribution in [2.75, 3.05) is 7.05 Å². The van der Waals surface area contributed by atoms with E-state index in [1.54, 1.807) is 0 Å². The van der Waals surface area contributed by atoms with Gasteiger partial charge >= 0.3 is 0 Å². The van der Waals surface area contributed by atoms with Crippen LogP contribution in [0.15, 0.2) is 30.5 Å². The van der Waals surface area contributed by atoms with Crippen molar-refractivity contribution in [1.82, 2.24) is 10.3 Å². The Kier molecular flexibility index (Phi) is 3.62. The minimum absolute atomic E-state index is 0.587. The molecule has 2 rings (SSSR count). The summed E-state index contributed by atoms with van der Waals surface area (Å²) in [5.41, 5.74) is 2.66. The lowest BCUT2D eigenvalue weighted by Gasteiger charge is -2.14. The smallest absolute Gasteiger partial charge is 0.0456 e. The number of fused-ring (bicyclic) bond motifs is 1.